The van der Waals surface area contributed by atoms with E-state index in [0.29, 0.717) is 6.54 Å². The highest BCUT2D eigenvalue weighted by Gasteiger charge is 2.05. The van der Waals surface area contributed by atoms with E-state index in [0.717, 1.165) is 10.6 Å². The van der Waals surface area contributed by atoms with Crippen LogP contribution in [0.25, 0.3) is 11.1 Å². The van der Waals surface area contributed by atoms with Gasteiger partial charge in [-0.1, -0.05) is 41.9 Å². The van der Waals surface area contributed by atoms with Crippen molar-refractivity contribution in [1.82, 2.24) is 0 Å². The van der Waals surface area contributed by atoms with E-state index in [9.17, 15) is 0 Å². The van der Waals surface area contributed by atoms with Crippen molar-refractivity contribution >= 4 is 24.0 Å². The third-order valence-electron chi connectivity index (χ3n) is 2.80. The Hall–Kier alpha value is -1.02. The zero-order chi connectivity index (χ0) is 11.5. The van der Waals surface area contributed by atoms with Gasteiger partial charge in [-0.25, -0.2) is 0 Å². The highest BCUT2D eigenvalue weighted by molar-refractivity contribution is 6.30. The van der Waals surface area contributed by atoms with Crippen molar-refractivity contribution < 1.29 is 0 Å². The van der Waals surface area contributed by atoms with Crippen LogP contribution in [0, 0.1) is 6.92 Å². The fourth-order valence-corrected chi connectivity index (χ4v) is 2.06. The van der Waals surface area contributed by atoms with Gasteiger partial charge in [0.2, 0.25) is 0 Å². The Labute approximate surface area is 113 Å². The highest BCUT2D eigenvalue weighted by Crippen LogP contribution is 2.27. The van der Waals surface area contributed by atoms with Crippen LogP contribution in [0.4, 0.5) is 0 Å². The van der Waals surface area contributed by atoms with Crippen LogP contribution < -0.4 is 5.73 Å². The van der Waals surface area contributed by atoms with Crippen LogP contribution in [-0.2, 0) is 6.54 Å². The Morgan fingerprint density at radius 1 is 1.12 bits per heavy atom. The number of rotatable bonds is 2. The second kappa shape index (κ2) is 6.06. The van der Waals surface area contributed by atoms with E-state index < -0.39 is 0 Å². The van der Waals surface area contributed by atoms with Crippen LogP contribution >= 0.6 is 24.0 Å². The Kier molecular flexibility index (Phi) is 5.01. The first-order chi connectivity index (χ1) is 7.72. The molecule has 0 unspecified atom stereocenters. The Balaban J connectivity index is 0.00000144. The number of hydrogen-bond acceptors (Lipinski definition) is 1. The zero-order valence-electron chi connectivity index (χ0n) is 9.61. The van der Waals surface area contributed by atoms with E-state index in [4.69, 9.17) is 17.3 Å². The van der Waals surface area contributed by atoms with Crippen LogP contribution in [-0.4, -0.2) is 0 Å². The quantitative estimate of drug-likeness (QED) is 0.868. The molecule has 0 spiro atoms. The maximum Gasteiger partial charge on any atom is 0.0412 e. The molecule has 2 aromatic rings. The minimum Gasteiger partial charge on any atom is -0.326 e. The van der Waals surface area contributed by atoms with E-state index >= 15 is 0 Å². The summed E-state index contributed by atoms with van der Waals surface area (Å²) in [7, 11) is 0. The molecule has 0 aliphatic heterocycles. The van der Waals surface area contributed by atoms with Gasteiger partial charge in [-0.05, 0) is 41.3 Å². The Morgan fingerprint density at radius 2 is 1.82 bits per heavy atom. The van der Waals surface area contributed by atoms with E-state index in [1.807, 2.05) is 24.3 Å². The lowest BCUT2D eigenvalue weighted by Crippen LogP contribution is -1.99. The molecule has 2 rings (SSSR count). The second-order valence-corrected chi connectivity index (χ2v) is 4.24. The van der Waals surface area contributed by atoms with Crippen molar-refractivity contribution in [3.63, 3.8) is 0 Å². The third-order valence-corrected chi connectivity index (χ3v) is 3.04. The Bertz CT molecular complexity index is 509. The van der Waals surface area contributed by atoms with Gasteiger partial charge in [-0.3, -0.25) is 0 Å². The van der Waals surface area contributed by atoms with Crippen LogP contribution in [0.2, 0.25) is 5.02 Å². The van der Waals surface area contributed by atoms with Gasteiger partial charge in [0.15, 0.2) is 0 Å². The van der Waals surface area contributed by atoms with Gasteiger partial charge in [0.05, 0.1) is 0 Å². The minimum absolute atomic E-state index is 0. The summed E-state index contributed by atoms with van der Waals surface area (Å²) in [5, 5.41) is 0.759. The molecular formula is C14H15Cl2N. The molecular weight excluding hydrogens is 253 g/mol. The lowest BCUT2D eigenvalue weighted by molar-refractivity contribution is 1.05. The molecule has 0 aliphatic carbocycles. The summed E-state index contributed by atoms with van der Waals surface area (Å²) in [6, 6.07) is 14.1. The molecule has 0 saturated heterocycles. The Morgan fingerprint density at radius 3 is 2.47 bits per heavy atom. The molecule has 0 amide bonds. The predicted octanol–water partition coefficient (Wildman–Crippen LogP) is 4.20. The summed E-state index contributed by atoms with van der Waals surface area (Å²) in [6.07, 6.45) is 0. The zero-order valence-corrected chi connectivity index (χ0v) is 11.2. The lowest BCUT2D eigenvalue weighted by atomic mass is 9.96. The summed E-state index contributed by atoms with van der Waals surface area (Å²) in [6.45, 7) is 2.67. The average molecular weight is 268 g/mol. The molecule has 0 atom stereocenters. The second-order valence-electron chi connectivity index (χ2n) is 3.80. The van der Waals surface area contributed by atoms with Crippen LogP contribution in [0.5, 0.6) is 0 Å². The third kappa shape index (κ3) is 3.01. The molecule has 0 fully saturated rings. The topological polar surface area (TPSA) is 26.0 Å². The van der Waals surface area contributed by atoms with Crippen molar-refractivity contribution in [1.29, 1.82) is 0 Å². The molecule has 0 saturated carbocycles. The monoisotopic (exact) mass is 267 g/mol. The molecule has 2 aromatic carbocycles. The van der Waals surface area contributed by atoms with Crippen molar-refractivity contribution in [2.24, 2.45) is 5.73 Å². The number of hydrogen-bond donors (Lipinski definition) is 1. The molecule has 0 aliphatic rings. The van der Waals surface area contributed by atoms with Crippen LogP contribution in [0.3, 0.4) is 0 Å². The standard InChI is InChI=1S/C14H14ClN.ClH/c1-10-12(9-16)5-3-7-14(10)11-4-2-6-13(15)8-11;/h2-8H,9,16H2,1H3;1H. The van der Waals surface area contributed by atoms with Gasteiger partial charge < -0.3 is 5.73 Å². The summed E-state index contributed by atoms with van der Waals surface area (Å²) in [5.74, 6) is 0. The van der Waals surface area contributed by atoms with Gasteiger partial charge in [0.25, 0.3) is 0 Å². The maximum atomic E-state index is 6.00. The molecule has 3 heteroatoms. The first-order valence-electron chi connectivity index (χ1n) is 5.27. The first-order valence-corrected chi connectivity index (χ1v) is 5.64. The van der Waals surface area contributed by atoms with E-state index in [-0.39, 0.29) is 12.4 Å². The largest absolute Gasteiger partial charge is 0.326 e. The van der Waals surface area contributed by atoms with Gasteiger partial charge in [0.1, 0.15) is 0 Å². The van der Waals surface area contributed by atoms with E-state index in [2.05, 4.69) is 25.1 Å². The molecule has 0 heterocycles. The molecule has 1 nitrogen and oxygen atoms in total. The van der Waals surface area contributed by atoms with Crippen LogP contribution in [0.15, 0.2) is 42.5 Å². The van der Waals surface area contributed by atoms with E-state index in [1.54, 1.807) is 0 Å². The van der Waals surface area contributed by atoms with Gasteiger partial charge in [-0.15, -0.1) is 12.4 Å². The summed E-state index contributed by atoms with van der Waals surface area (Å²) in [4.78, 5) is 0. The highest BCUT2D eigenvalue weighted by atomic mass is 35.5. The number of nitrogens with two attached hydrogens (primary N) is 1. The van der Waals surface area contributed by atoms with E-state index in [1.165, 1.54) is 16.7 Å². The van der Waals surface area contributed by atoms with Crippen molar-refractivity contribution in [3.8, 4) is 11.1 Å². The summed E-state index contributed by atoms with van der Waals surface area (Å²) in [5.41, 5.74) is 10.4. The molecule has 0 radical (unpaired) electrons. The summed E-state index contributed by atoms with van der Waals surface area (Å²) < 4.78 is 0. The van der Waals surface area contributed by atoms with Gasteiger partial charge in [-0.2, -0.15) is 0 Å². The van der Waals surface area contributed by atoms with Crippen molar-refractivity contribution in [2.75, 3.05) is 0 Å². The number of halogens is 2. The SMILES string of the molecule is Cc1c(CN)cccc1-c1cccc(Cl)c1.Cl. The van der Waals surface area contributed by atoms with Gasteiger partial charge >= 0.3 is 0 Å². The van der Waals surface area contributed by atoms with Gasteiger partial charge in [0, 0.05) is 11.6 Å². The normalized spacial score (nSPS) is 9.82. The van der Waals surface area contributed by atoms with Crippen molar-refractivity contribution in [2.45, 2.75) is 13.5 Å². The van der Waals surface area contributed by atoms with Crippen molar-refractivity contribution in [3.05, 3.63) is 58.6 Å². The molecule has 17 heavy (non-hydrogen) atoms. The lowest BCUT2D eigenvalue weighted by Gasteiger charge is -2.10. The molecule has 90 valence electrons. The predicted molar refractivity (Wildman–Crippen MR) is 76.8 cm³/mol. The molecule has 2 N–H and O–H groups in total. The number of benzene rings is 2. The molecule has 0 bridgehead atoms. The fraction of sp³-hybridized carbons (Fsp3) is 0.143. The average Bonchev–Trinajstić information content (AvgIpc) is 2.29. The maximum absolute atomic E-state index is 6.00. The summed E-state index contributed by atoms with van der Waals surface area (Å²) >= 11 is 6.00. The minimum atomic E-state index is 0. The fourth-order valence-electron chi connectivity index (χ4n) is 1.87. The molecule has 0 aromatic heterocycles. The smallest absolute Gasteiger partial charge is 0.0412 e. The van der Waals surface area contributed by atoms with Crippen LogP contribution in [0.1, 0.15) is 11.1 Å². The first kappa shape index (κ1) is 14.0.